The average Bonchev–Trinajstić information content (AvgIpc) is 3.15. The van der Waals surface area contributed by atoms with E-state index in [1.165, 1.54) is 0 Å². The predicted octanol–water partition coefficient (Wildman–Crippen LogP) is 5.65. The van der Waals surface area contributed by atoms with Crippen LogP contribution >= 0.6 is 0 Å². The van der Waals surface area contributed by atoms with Crippen molar-refractivity contribution in [2.75, 3.05) is 6.61 Å². The van der Waals surface area contributed by atoms with Gasteiger partial charge in [0.25, 0.3) is 0 Å². The summed E-state index contributed by atoms with van der Waals surface area (Å²) in [7, 11) is 0. The molecule has 1 heterocycles. The predicted molar refractivity (Wildman–Crippen MR) is 117 cm³/mol. The third-order valence-electron chi connectivity index (χ3n) is 4.61. The average molecular weight is 398 g/mol. The van der Waals surface area contributed by atoms with Gasteiger partial charge in [0.15, 0.2) is 11.5 Å². The number of ether oxygens (including phenoxy) is 3. The molecule has 0 bridgehead atoms. The summed E-state index contributed by atoms with van der Waals surface area (Å²) in [5, 5.41) is 0. The second-order valence-corrected chi connectivity index (χ2v) is 6.78. The van der Waals surface area contributed by atoms with Crippen LogP contribution in [0.5, 0.6) is 11.5 Å². The smallest absolute Gasteiger partial charge is 0.343 e. The number of hydrogen-bond donors (Lipinski definition) is 0. The molecule has 0 aromatic heterocycles. The summed E-state index contributed by atoms with van der Waals surface area (Å²) in [6, 6.07) is 25.2. The third kappa shape index (κ3) is 4.61. The minimum atomic E-state index is -0.365. The van der Waals surface area contributed by atoms with E-state index >= 15 is 0 Å². The van der Waals surface area contributed by atoms with Crippen LogP contribution in [-0.4, -0.2) is 12.6 Å². The van der Waals surface area contributed by atoms with Crippen molar-refractivity contribution in [1.82, 2.24) is 0 Å². The number of rotatable bonds is 7. The Kier molecular flexibility index (Phi) is 5.95. The second kappa shape index (κ2) is 9.14. The summed E-state index contributed by atoms with van der Waals surface area (Å²) in [5.74, 6) is 1.50. The molecule has 0 unspecified atom stereocenters. The molecule has 150 valence electrons. The molecule has 0 fully saturated rings. The van der Waals surface area contributed by atoms with Crippen molar-refractivity contribution in [3.8, 4) is 11.5 Å². The van der Waals surface area contributed by atoms with Crippen molar-refractivity contribution in [3.05, 3.63) is 107 Å². The maximum absolute atomic E-state index is 12.3. The molecule has 1 aliphatic rings. The van der Waals surface area contributed by atoms with Gasteiger partial charge in [-0.05, 0) is 42.3 Å². The molecular weight excluding hydrogens is 376 g/mol. The molecule has 3 aromatic carbocycles. The van der Waals surface area contributed by atoms with Crippen LogP contribution < -0.4 is 9.47 Å². The van der Waals surface area contributed by atoms with Gasteiger partial charge in [-0.25, -0.2) is 4.79 Å². The quantitative estimate of drug-likeness (QED) is 0.381. The van der Waals surface area contributed by atoms with Crippen molar-refractivity contribution in [1.29, 1.82) is 0 Å². The molecule has 0 amide bonds. The number of cyclic esters (lactones) is 1. The van der Waals surface area contributed by atoms with Crippen molar-refractivity contribution >= 4 is 17.8 Å². The normalized spacial score (nSPS) is 14.4. The minimum absolute atomic E-state index is 0.365. The van der Waals surface area contributed by atoms with Gasteiger partial charge >= 0.3 is 5.97 Å². The fourth-order valence-corrected chi connectivity index (χ4v) is 3.15. The Bertz CT molecular complexity index is 1080. The summed E-state index contributed by atoms with van der Waals surface area (Å²) in [4.78, 5) is 12.3. The van der Waals surface area contributed by atoms with Gasteiger partial charge < -0.3 is 14.2 Å². The summed E-state index contributed by atoms with van der Waals surface area (Å²) >= 11 is 0. The molecule has 3 aromatic rings. The molecule has 1 aliphatic heterocycles. The first-order valence-electron chi connectivity index (χ1n) is 9.87. The van der Waals surface area contributed by atoms with Gasteiger partial charge in [-0.3, -0.25) is 0 Å². The molecule has 0 saturated heterocycles. The zero-order valence-electron chi connectivity index (χ0n) is 16.7. The number of benzene rings is 3. The molecule has 0 saturated carbocycles. The Hall–Kier alpha value is -3.79. The molecule has 0 aliphatic carbocycles. The summed E-state index contributed by atoms with van der Waals surface area (Å²) < 4.78 is 17.1. The fourth-order valence-electron chi connectivity index (χ4n) is 3.15. The van der Waals surface area contributed by atoms with E-state index in [9.17, 15) is 4.79 Å². The highest BCUT2D eigenvalue weighted by Crippen LogP contribution is 2.32. The minimum Gasteiger partial charge on any atom is -0.490 e. The van der Waals surface area contributed by atoms with Gasteiger partial charge in [-0.2, -0.15) is 0 Å². The maximum atomic E-state index is 12.3. The van der Waals surface area contributed by atoms with Gasteiger partial charge in [0, 0.05) is 5.56 Å². The Balaban J connectivity index is 1.56. The molecular formula is C26H22O4. The Morgan fingerprint density at radius 1 is 0.867 bits per heavy atom. The van der Waals surface area contributed by atoms with Crippen LogP contribution in [0, 0.1) is 0 Å². The standard InChI is InChI=1S/C26H22O4/c1-2-28-25-16-20(13-14-23(25)29-18-19-9-5-3-6-10-19)15-22-17-24(30-26(22)27)21-11-7-4-8-12-21/h3-17H,2,18H2,1H3/b22-15+. The number of carbonyl (C=O) groups is 1. The van der Waals surface area contributed by atoms with Crippen LogP contribution in [0.25, 0.3) is 11.8 Å². The van der Waals surface area contributed by atoms with Crippen LogP contribution in [0.2, 0.25) is 0 Å². The first-order valence-corrected chi connectivity index (χ1v) is 9.87. The lowest BCUT2D eigenvalue weighted by atomic mass is 10.1. The van der Waals surface area contributed by atoms with Crippen molar-refractivity contribution in [2.45, 2.75) is 13.5 Å². The maximum Gasteiger partial charge on any atom is 0.343 e. The van der Waals surface area contributed by atoms with Crippen LogP contribution in [0.4, 0.5) is 0 Å². The monoisotopic (exact) mass is 398 g/mol. The lowest BCUT2D eigenvalue weighted by Gasteiger charge is -2.13. The van der Waals surface area contributed by atoms with Gasteiger partial charge in [0.1, 0.15) is 12.4 Å². The number of esters is 1. The number of hydrogen-bond acceptors (Lipinski definition) is 4. The number of carbonyl (C=O) groups excluding carboxylic acids is 1. The van der Waals surface area contributed by atoms with E-state index in [4.69, 9.17) is 14.2 Å². The van der Waals surface area contributed by atoms with Gasteiger partial charge in [0.05, 0.1) is 12.2 Å². The Labute approximate surface area is 176 Å². The van der Waals surface area contributed by atoms with E-state index in [2.05, 4.69) is 0 Å². The van der Waals surface area contributed by atoms with E-state index in [0.29, 0.717) is 36.0 Å². The Morgan fingerprint density at radius 2 is 1.60 bits per heavy atom. The Morgan fingerprint density at radius 3 is 2.33 bits per heavy atom. The lowest BCUT2D eigenvalue weighted by molar-refractivity contribution is -0.130. The van der Waals surface area contributed by atoms with Gasteiger partial charge in [0.2, 0.25) is 0 Å². The van der Waals surface area contributed by atoms with Crippen molar-refractivity contribution in [3.63, 3.8) is 0 Å². The molecule has 0 atom stereocenters. The highest BCUT2D eigenvalue weighted by Gasteiger charge is 2.22. The summed E-state index contributed by atoms with van der Waals surface area (Å²) in [6.45, 7) is 2.90. The van der Waals surface area contributed by atoms with Gasteiger partial charge in [-0.15, -0.1) is 0 Å². The van der Waals surface area contributed by atoms with E-state index < -0.39 is 0 Å². The molecule has 0 spiro atoms. The fraction of sp³-hybridized carbons (Fsp3) is 0.115. The second-order valence-electron chi connectivity index (χ2n) is 6.78. The lowest BCUT2D eigenvalue weighted by Crippen LogP contribution is -2.00. The zero-order valence-corrected chi connectivity index (χ0v) is 16.7. The van der Waals surface area contributed by atoms with Crippen molar-refractivity contribution < 1.29 is 19.0 Å². The first-order chi connectivity index (χ1) is 14.7. The molecule has 30 heavy (non-hydrogen) atoms. The van der Waals surface area contributed by atoms with Crippen LogP contribution in [0.3, 0.4) is 0 Å². The molecule has 4 rings (SSSR count). The molecule has 0 N–H and O–H groups in total. The first kappa shape index (κ1) is 19.5. The van der Waals surface area contributed by atoms with E-state index in [-0.39, 0.29) is 5.97 Å². The van der Waals surface area contributed by atoms with Crippen LogP contribution in [0.15, 0.2) is 90.5 Å². The van der Waals surface area contributed by atoms with Crippen LogP contribution in [0.1, 0.15) is 23.6 Å². The van der Waals surface area contributed by atoms with E-state index in [0.717, 1.165) is 16.7 Å². The highest BCUT2D eigenvalue weighted by molar-refractivity contribution is 6.05. The highest BCUT2D eigenvalue weighted by atomic mass is 16.5. The third-order valence-corrected chi connectivity index (χ3v) is 4.61. The molecule has 4 heteroatoms. The largest absolute Gasteiger partial charge is 0.490 e. The molecule has 4 nitrogen and oxygen atoms in total. The van der Waals surface area contributed by atoms with E-state index in [1.807, 2.05) is 85.8 Å². The summed E-state index contributed by atoms with van der Waals surface area (Å²) in [5.41, 5.74) is 3.28. The van der Waals surface area contributed by atoms with Crippen LogP contribution in [-0.2, 0) is 16.1 Å². The van der Waals surface area contributed by atoms with E-state index in [1.54, 1.807) is 12.2 Å². The summed E-state index contributed by atoms with van der Waals surface area (Å²) in [6.07, 6.45) is 3.56. The zero-order chi connectivity index (χ0) is 20.8. The topological polar surface area (TPSA) is 44.8 Å². The molecule has 0 radical (unpaired) electrons. The van der Waals surface area contributed by atoms with Crippen molar-refractivity contribution in [2.24, 2.45) is 0 Å². The SMILES string of the molecule is CCOc1cc(/C=C2\C=C(c3ccccc3)OC2=O)ccc1OCc1ccccc1. The van der Waals surface area contributed by atoms with Gasteiger partial charge in [-0.1, -0.05) is 66.7 Å².